The minimum Gasteiger partial charge on any atom is -0.312 e. The molecule has 0 aliphatic heterocycles. The molecular formula is C14H15BrN2S. The van der Waals surface area contributed by atoms with E-state index in [2.05, 4.69) is 57.4 Å². The maximum atomic E-state index is 4.47. The largest absolute Gasteiger partial charge is 0.312 e. The lowest BCUT2D eigenvalue weighted by atomic mass is 10.2. The van der Waals surface area contributed by atoms with Crippen molar-refractivity contribution in [2.75, 3.05) is 7.05 Å². The normalized spacial score (nSPS) is 12.4. The topological polar surface area (TPSA) is 24.9 Å². The van der Waals surface area contributed by atoms with Gasteiger partial charge in [-0.3, -0.25) is 4.98 Å². The van der Waals surface area contributed by atoms with Crippen molar-refractivity contribution in [1.29, 1.82) is 0 Å². The summed E-state index contributed by atoms with van der Waals surface area (Å²) in [5, 5.41) is 3.18. The summed E-state index contributed by atoms with van der Waals surface area (Å²) in [7, 11) is 1.94. The van der Waals surface area contributed by atoms with Crippen molar-refractivity contribution >= 4 is 27.7 Å². The van der Waals surface area contributed by atoms with E-state index in [9.17, 15) is 0 Å². The van der Waals surface area contributed by atoms with Crippen LogP contribution in [0.1, 0.15) is 18.7 Å². The van der Waals surface area contributed by atoms with Crippen LogP contribution in [0.2, 0.25) is 0 Å². The van der Waals surface area contributed by atoms with E-state index in [4.69, 9.17) is 0 Å². The van der Waals surface area contributed by atoms with E-state index in [1.807, 2.05) is 25.4 Å². The van der Waals surface area contributed by atoms with E-state index < -0.39 is 0 Å². The average molecular weight is 323 g/mol. The highest BCUT2D eigenvalue weighted by molar-refractivity contribution is 9.10. The first-order chi connectivity index (χ1) is 8.69. The molecule has 94 valence electrons. The zero-order chi connectivity index (χ0) is 13.0. The van der Waals surface area contributed by atoms with Crippen molar-refractivity contribution in [2.24, 2.45) is 0 Å². The Hall–Kier alpha value is -0.840. The molecule has 0 fully saturated rings. The SMILES string of the molecule is CNC(C)c1ccc(Sc2cccc(Br)c2)cn1. The van der Waals surface area contributed by atoms with Crippen LogP contribution in [0.3, 0.4) is 0 Å². The fourth-order valence-electron chi connectivity index (χ4n) is 1.52. The molecule has 2 nitrogen and oxygen atoms in total. The highest BCUT2D eigenvalue weighted by Gasteiger charge is 2.04. The van der Waals surface area contributed by atoms with Crippen LogP contribution in [0.25, 0.3) is 0 Å². The molecule has 1 atom stereocenters. The van der Waals surface area contributed by atoms with Crippen molar-refractivity contribution in [2.45, 2.75) is 22.8 Å². The maximum absolute atomic E-state index is 4.47. The zero-order valence-corrected chi connectivity index (χ0v) is 12.8. The van der Waals surface area contributed by atoms with Crippen molar-refractivity contribution in [1.82, 2.24) is 10.3 Å². The molecule has 0 aliphatic rings. The van der Waals surface area contributed by atoms with E-state index in [1.165, 1.54) is 4.90 Å². The van der Waals surface area contributed by atoms with Crippen LogP contribution >= 0.6 is 27.7 Å². The van der Waals surface area contributed by atoms with Crippen LogP contribution in [0.5, 0.6) is 0 Å². The predicted molar refractivity (Wildman–Crippen MR) is 80.0 cm³/mol. The van der Waals surface area contributed by atoms with Gasteiger partial charge in [-0.25, -0.2) is 0 Å². The molecule has 0 saturated carbocycles. The summed E-state index contributed by atoms with van der Waals surface area (Å²) in [5.74, 6) is 0. The van der Waals surface area contributed by atoms with Crippen molar-refractivity contribution in [3.05, 3.63) is 52.8 Å². The molecule has 0 radical (unpaired) electrons. The Labute approximate surface area is 120 Å². The van der Waals surface area contributed by atoms with Crippen LogP contribution in [0.4, 0.5) is 0 Å². The van der Waals surface area contributed by atoms with Gasteiger partial charge in [-0.15, -0.1) is 0 Å². The van der Waals surface area contributed by atoms with Crippen LogP contribution in [0, 0.1) is 0 Å². The van der Waals surface area contributed by atoms with Crippen molar-refractivity contribution in [3.63, 3.8) is 0 Å². The third-order valence-corrected chi connectivity index (χ3v) is 4.13. The molecule has 0 aliphatic carbocycles. The Bertz CT molecular complexity index is 513. The number of nitrogens with one attached hydrogen (secondary N) is 1. The smallest absolute Gasteiger partial charge is 0.0571 e. The van der Waals surface area contributed by atoms with Gasteiger partial charge in [0.15, 0.2) is 0 Å². The minimum atomic E-state index is 0.287. The van der Waals surface area contributed by atoms with Gasteiger partial charge in [-0.05, 0) is 44.3 Å². The Balaban J connectivity index is 2.11. The Morgan fingerprint density at radius 3 is 2.67 bits per heavy atom. The van der Waals surface area contributed by atoms with E-state index in [1.54, 1.807) is 11.8 Å². The second kappa shape index (κ2) is 6.36. The number of aromatic nitrogens is 1. The van der Waals surface area contributed by atoms with E-state index in [-0.39, 0.29) is 6.04 Å². The summed E-state index contributed by atoms with van der Waals surface area (Å²) in [5.41, 5.74) is 1.07. The predicted octanol–water partition coefficient (Wildman–Crippen LogP) is 4.28. The van der Waals surface area contributed by atoms with E-state index in [0.29, 0.717) is 0 Å². The summed E-state index contributed by atoms with van der Waals surface area (Å²) < 4.78 is 1.10. The summed E-state index contributed by atoms with van der Waals surface area (Å²) in [6, 6.07) is 12.7. The summed E-state index contributed by atoms with van der Waals surface area (Å²) in [4.78, 5) is 6.83. The zero-order valence-electron chi connectivity index (χ0n) is 10.4. The van der Waals surface area contributed by atoms with Crippen LogP contribution < -0.4 is 5.32 Å². The molecule has 1 N–H and O–H groups in total. The quantitative estimate of drug-likeness (QED) is 0.909. The van der Waals surface area contributed by atoms with Crippen molar-refractivity contribution < 1.29 is 0 Å². The van der Waals surface area contributed by atoms with Gasteiger partial charge in [0.2, 0.25) is 0 Å². The molecular weight excluding hydrogens is 308 g/mol. The van der Waals surface area contributed by atoms with Crippen LogP contribution in [-0.2, 0) is 0 Å². The molecule has 4 heteroatoms. The first-order valence-electron chi connectivity index (χ1n) is 5.75. The highest BCUT2D eigenvalue weighted by Crippen LogP contribution is 2.29. The third-order valence-electron chi connectivity index (χ3n) is 2.67. The first kappa shape index (κ1) is 13.6. The number of hydrogen-bond donors (Lipinski definition) is 1. The average Bonchev–Trinajstić information content (AvgIpc) is 2.39. The molecule has 1 heterocycles. The van der Waals surface area contributed by atoms with Crippen molar-refractivity contribution in [3.8, 4) is 0 Å². The van der Waals surface area contributed by atoms with E-state index in [0.717, 1.165) is 15.1 Å². The van der Waals surface area contributed by atoms with Gasteiger partial charge in [0.25, 0.3) is 0 Å². The summed E-state index contributed by atoms with van der Waals surface area (Å²) in [6.07, 6.45) is 1.93. The van der Waals surface area contributed by atoms with Gasteiger partial charge in [-0.2, -0.15) is 0 Å². The monoisotopic (exact) mass is 322 g/mol. The fourth-order valence-corrected chi connectivity index (χ4v) is 2.92. The van der Waals surface area contributed by atoms with Gasteiger partial charge in [0.1, 0.15) is 0 Å². The molecule has 1 unspecified atom stereocenters. The van der Waals surface area contributed by atoms with Gasteiger partial charge in [0.05, 0.1) is 5.69 Å². The minimum absolute atomic E-state index is 0.287. The maximum Gasteiger partial charge on any atom is 0.0571 e. The molecule has 18 heavy (non-hydrogen) atoms. The van der Waals surface area contributed by atoms with Gasteiger partial charge >= 0.3 is 0 Å². The van der Waals surface area contributed by atoms with E-state index >= 15 is 0 Å². The standard InChI is InChI=1S/C14H15BrN2S/c1-10(16-2)14-7-6-13(9-17-14)18-12-5-3-4-11(15)8-12/h3-10,16H,1-2H3. The molecule has 1 aromatic carbocycles. The number of nitrogens with zero attached hydrogens (tertiary/aromatic N) is 1. The molecule has 1 aromatic heterocycles. The second-order valence-electron chi connectivity index (χ2n) is 3.99. The van der Waals surface area contributed by atoms with Gasteiger partial charge in [0, 0.05) is 26.5 Å². The third kappa shape index (κ3) is 3.57. The summed E-state index contributed by atoms with van der Waals surface area (Å²) in [6.45, 7) is 2.10. The Morgan fingerprint density at radius 1 is 1.22 bits per heavy atom. The lowest BCUT2D eigenvalue weighted by Gasteiger charge is -2.09. The highest BCUT2D eigenvalue weighted by atomic mass is 79.9. The number of rotatable bonds is 4. The number of hydrogen-bond acceptors (Lipinski definition) is 3. The second-order valence-corrected chi connectivity index (χ2v) is 6.05. The van der Waals surface area contributed by atoms with Crippen LogP contribution in [-0.4, -0.2) is 12.0 Å². The number of benzene rings is 1. The van der Waals surface area contributed by atoms with Crippen LogP contribution in [0.15, 0.2) is 56.9 Å². The Kier molecular flexibility index (Phi) is 4.80. The number of pyridine rings is 1. The summed E-state index contributed by atoms with van der Waals surface area (Å²) >= 11 is 5.20. The lowest BCUT2D eigenvalue weighted by molar-refractivity contribution is 0.631. The van der Waals surface area contributed by atoms with Gasteiger partial charge < -0.3 is 5.32 Å². The fraction of sp³-hybridized carbons (Fsp3) is 0.214. The lowest BCUT2D eigenvalue weighted by Crippen LogP contribution is -2.13. The molecule has 0 spiro atoms. The molecule has 0 saturated heterocycles. The number of halogens is 1. The molecule has 2 aromatic rings. The Morgan fingerprint density at radius 2 is 2.06 bits per heavy atom. The molecule has 0 amide bonds. The molecule has 2 rings (SSSR count). The molecule has 0 bridgehead atoms. The van der Waals surface area contributed by atoms with Gasteiger partial charge in [-0.1, -0.05) is 33.8 Å². The first-order valence-corrected chi connectivity index (χ1v) is 7.36.